The van der Waals surface area contributed by atoms with Gasteiger partial charge in [-0.1, -0.05) is 0 Å². The summed E-state index contributed by atoms with van der Waals surface area (Å²) in [4.78, 5) is 3.82. The van der Waals surface area contributed by atoms with E-state index in [-0.39, 0.29) is 0 Å². The van der Waals surface area contributed by atoms with Gasteiger partial charge in [0.25, 0.3) is 0 Å². The van der Waals surface area contributed by atoms with E-state index >= 15 is 0 Å². The number of rotatable bonds is 0. The molecule has 0 saturated heterocycles. The van der Waals surface area contributed by atoms with Crippen molar-refractivity contribution in [2.75, 3.05) is 5.73 Å². The van der Waals surface area contributed by atoms with Gasteiger partial charge in [-0.15, -0.1) is 0 Å². The lowest BCUT2D eigenvalue weighted by atomic mass is 10.3. The minimum absolute atomic E-state index is 0.458. The highest BCUT2D eigenvalue weighted by molar-refractivity contribution is 9.10. The van der Waals surface area contributed by atoms with Gasteiger partial charge in [0.1, 0.15) is 10.7 Å². The van der Waals surface area contributed by atoms with Gasteiger partial charge in [0.2, 0.25) is 0 Å². The van der Waals surface area contributed by atoms with Crippen LogP contribution in [0.3, 0.4) is 0 Å². The Morgan fingerprint density at radius 1 is 1.70 bits per heavy atom. The summed E-state index contributed by atoms with van der Waals surface area (Å²) in [5.74, 6) is 0. The molecule has 0 unspecified atom stereocenters. The van der Waals surface area contributed by atoms with Gasteiger partial charge in [-0.3, -0.25) is 0 Å². The van der Waals surface area contributed by atoms with Crippen molar-refractivity contribution in [1.82, 2.24) is 4.98 Å². The maximum Gasteiger partial charge on any atom is 0.123 e. The number of aromatic nitrogens is 1. The molecule has 0 radical (unpaired) electrons. The Hall–Kier alpha value is -1.08. The van der Waals surface area contributed by atoms with E-state index in [9.17, 15) is 0 Å². The summed E-state index contributed by atoms with van der Waals surface area (Å²) in [7, 11) is 0. The zero-order chi connectivity index (χ0) is 7.56. The molecule has 0 fully saturated rings. The van der Waals surface area contributed by atoms with Crippen LogP contribution < -0.4 is 5.73 Å². The molecule has 10 heavy (non-hydrogen) atoms. The number of nitrogens with two attached hydrogens (primary N) is 1. The Morgan fingerprint density at radius 2 is 2.40 bits per heavy atom. The molecule has 0 aliphatic heterocycles. The van der Waals surface area contributed by atoms with Crippen molar-refractivity contribution in [2.24, 2.45) is 0 Å². The Labute approximate surface area is 66.6 Å². The van der Waals surface area contributed by atoms with Crippen LogP contribution in [0.15, 0.2) is 16.9 Å². The van der Waals surface area contributed by atoms with E-state index in [4.69, 9.17) is 11.0 Å². The molecule has 1 aromatic heterocycles. The summed E-state index contributed by atoms with van der Waals surface area (Å²) in [6.07, 6.45) is 1.49. The van der Waals surface area contributed by atoms with Gasteiger partial charge in [0.15, 0.2) is 0 Å². The Balaban J connectivity index is 3.25. The smallest absolute Gasteiger partial charge is 0.123 e. The second kappa shape index (κ2) is 2.67. The third-order valence-corrected chi connectivity index (χ3v) is 1.61. The van der Waals surface area contributed by atoms with Gasteiger partial charge < -0.3 is 5.73 Å². The molecule has 4 heteroatoms. The monoisotopic (exact) mass is 197 g/mol. The predicted octanol–water partition coefficient (Wildman–Crippen LogP) is 1.30. The molecule has 1 aromatic rings. The van der Waals surface area contributed by atoms with Crippen molar-refractivity contribution >= 4 is 21.6 Å². The molecule has 1 rings (SSSR count). The number of anilines is 1. The zero-order valence-electron chi connectivity index (χ0n) is 5.00. The van der Waals surface area contributed by atoms with Gasteiger partial charge in [0, 0.05) is 0 Å². The van der Waals surface area contributed by atoms with Gasteiger partial charge in [-0.2, -0.15) is 5.26 Å². The van der Waals surface area contributed by atoms with E-state index in [2.05, 4.69) is 20.9 Å². The highest BCUT2D eigenvalue weighted by Gasteiger charge is 1.98. The average molecular weight is 198 g/mol. The Morgan fingerprint density at radius 3 is 2.90 bits per heavy atom. The number of pyridine rings is 1. The van der Waals surface area contributed by atoms with Gasteiger partial charge in [-0.05, 0) is 22.0 Å². The molecule has 1 heterocycles. The first-order valence-corrected chi connectivity index (χ1v) is 3.34. The third kappa shape index (κ3) is 1.25. The van der Waals surface area contributed by atoms with Crippen molar-refractivity contribution < 1.29 is 0 Å². The number of nitriles is 1. The van der Waals surface area contributed by atoms with Gasteiger partial charge in [-0.25, -0.2) is 4.98 Å². The zero-order valence-corrected chi connectivity index (χ0v) is 6.59. The van der Waals surface area contributed by atoms with Crippen LogP contribution in [0.5, 0.6) is 0 Å². The van der Waals surface area contributed by atoms with Crippen LogP contribution >= 0.6 is 15.9 Å². The molecule has 0 amide bonds. The molecule has 0 atom stereocenters. The van der Waals surface area contributed by atoms with Crippen molar-refractivity contribution in [3.8, 4) is 6.07 Å². The quantitative estimate of drug-likeness (QED) is 0.639. The molecule has 0 saturated carbocycles. The Kier molecular flexibility index (Phi) is 1.88. The average Bonchev–Trinajstić information content (AvgIpc) is 1.94. The Bertz CT molecular complexity index is 290. The minimum atomic E-state index is 0.458. The van der Waals surface area contributed by atoms with Crippen molar-refractivity contribution in [1.29, 1.82) is 5.26 Å². The molecule has 3 nitrogen and oxygen atoms in total. The van der Waals surface area contributed by atoms with Crippen LogP contribution in [0.4, 0.5) is 5.69 Å². The highest BCUT2D eigenvalue weighted by atomic mass is 79.9. The number of halogens is 1. The number of nitrogens with zero attached hydrogens (tertiary/aromatic N) is 2. The van der Waals surface area contributed by atoms with Crippen molar-refractivity contribution in [2.45, 2.75) is 0 Å². The topological polar surface area (TPSA) is 62.7 Å². The van der Waals surface area contributed by atoms with E-state index in [0.29, 0.717) is 15.9 Å². The van der Waals surface area contributed by atoms with Crippen LogP contribution in [0.2, 0.25) is 0 Å². The fraction of sp³-hybridized carbons (Fsp3) is 0. The number of hydrogen-bond donors (Lipinski definition) is 1. The standard InChI is InChI=1S/C6H4BrN3/c7-6-4(2-8)1-5(9)3-10-6/h1,3H,9H2. The summed E-state index contributed by atoms with van der Waals surface area (Å²) in [5.41, 5.74) is 6.33. The van der Waals surface area contributed by atoms with Gasteiger partial charge >= 0.3 is 0 Å². The largest absolute Gasteiger partial charge is 0.397 e. The predicted molar refractivity (Wildman–Crippen MR) is 41.1 cm³/mol. The molecule has 50 valence electrons. The summed E-state index contributed by atoms with van der Waals surface area (Å²) in [6.45, 7) is 0. The lowest BCUT2D eigenvalue weighted by Crippen LogP contribution is -1.89. The maximum absolute atomic E-state index is 8.47. The summed E-state index contributed by atoms with van der Waals surface area (Å²) >= 11 is 3.10. The normalized spacial score (nSPS) is 8.80. The SMILES string of the molecule is N#Cc1cc(N)cnc1Br. The second-order valence-electron chi connectivity index (χ2n) is 1.72. The molecule has 0 aromatic carbocycles. The first kappa shape index (κ1) is 7.03. The third-order valence-electron chi connectivity index (χ3n) is 0.981. The maximum atomic E-state index is 8.47. The molecule has 0 bridgehead atoms. The first-order chi connectivity index (χ1) is 4.74. The van der Waals surface area contributed by atoms with Crippen molar-refractivity contribution in [3.63, 3.8) is 0 Å². The van der Waals surface area contributed by atoms with E-state index < -0.39 is 0 Å². The lowest BCUT2D eigenvalue weighted by Gasteiger charge is -1.93. The number of hydrogen-bond acceptors (Lipinski definition) is 3. The van der Waals surface area contributed by atoms with Crippen LogP contribution in [0.25, 0.3) is 0 Å². The van der Waals surface area contributed by atoms with E-state index in [0.717, 1.165) is 0 Å². The highest BCUT2D eigenvalue weighted by Crippen LogP contribution is 2.14. The van der Waals surface area contributed by atoms with E-state index in [1.54, 1.807) is 6.07 Å². The lowest BCUT2D eigenvalue weighted by molar-refractivity contribution is 1.25. The van der Waals surface area contributed by atoms with Gasteiger partial charge in [0.05, 0.1) is 17.4 Å². The van der Waals surface area contributed by atoms with Crippen LogP contribution in [-0.2, 0) is 0 Å². The van der Waals surface area contributed by atoms with Crippen LogP contribution in [0, 0.1) is 11.3 Å². The molecular formula is C6H4BrN3. The molecular weight excluding hydrogens is 194 g/mol. The van der Waals surface area contributed by atoms with Crippen LogP contribution in [-0.4, -0.2) is 4.98 Å². The molecule has 0 spiro atoms. The molecule has 0 aliphatic rings. The summed E-state index contributed by atoms with van der Waals surface area (Å²) < 4.78 is 0.532. The fourth-order valence-corrected chi connectivity index (χ4v) is 0.848. The van der Waals surface area contributed by atoms with Crippen molar-refractivity contribution in [3.05, 3.63) is 22.4 Å². The number of nitrogen functional groups attached to an aromatic ring is 1. The second-order valence-corrected chi connectivity index (χ2v) is 2.47. The van der Waals surface area contributed by atoms with E-state index in [1.807, 2.05) is 6.07 Å². The minimum Gasteiger partial charge on any atom is -0.397 e. The first-order valence-electron chi connectivity index (χ1n) is 2.55. The molecule has 0 aliphatic carbocycles. The van der Waals surface area contributed by atoms with E-state index in [1.165, 1.54) is 6.20 Å². The molecule has 2 N–H and O–H groups in total. The summed E-state index contributed by atoms with van der Waals surface area (Å²) in [6, 6.07) is 3.51. The van der Waals surface area contributed by atoms with Crippen LogP contribution in [0.1, 0.15) is 5.56 Å². The fourth-order valence-electron chi connectivity index (χ4n) is 0.543. The summed E-state index contributed by atoms with van der Waals surface area (Å²) in [5, 5.41) is 8.47.